The van der Waals surface area contributed by atoms with Crippen molar-refractivity contribution in [3.8, 4) is 17.2 Å². The summed E-state index contributed by atoms with van der Waals surface area (Å²) >= 11 is 5.31. The highest BCUT2D eigenvalue weighted by Crippen LogP contribution is 2.44. The number of thioether (sulfide) groups is 1. The summed E-state index contributed by atoms with van der Waals surface area (Å²) < 4.78 is 20.4. The Labute approximate surface area is 254 Å². The van der Waals surface area contributed by atoms with Crippen LogP contribution in [0.2, 0.25) is 0 Å². The Bertz CT molecular complexity index is 1410. The van der Waals surface area contributed by atoms with E-state index < -0.39 is 6.04 Å². The Hall–Kier alpha value is -3.18. The summed E-state index contributed by atoms with van der Waals surface area (Å²) in [5.74, 6) is 3.03. The molecular weight excluding hydrogens is 606 g/mol. The third-order valence-corrected chi connectivity index (χ3v) is 7.76. The van der Waals surface area contributed by atoms with E-state index in [2.05, 4.69) is 33.5 Å². The molecule has 220 valence electrons. The number of nitrogens with one attached hydrogen (secondary N) is 2. The van der Waals surface area contributed by atoms with E-state index in [1.54, 1.807) is 16.4 Å². The molecule has 1 atom stereocenters. The van der Waals surface area contributed by atoms with Crippen LogP contribution in [-0.4, -0.2) is 45.7 Å². The van der Waals surface area contributed by atoms with Crippen LogP contribution in [-0.2, 0) is 4.79 Å². The molecule has 1 aliphatic heterocycles. The summed E-state index contributed by atoms with van der Waals surface area (Å²) in [4.78, 5) is 18.8. The highest BCUT2D eigenvalue weighted by atomic mass is 79.9. The van der Waals surface area contributed by atoms with Crippen molar-refractivity contribution in [2.24, 2.45) is 0 Å². The molecule has 0 spiro atoms. The van der Waals surface area contributed by atoms with Crippen LogP contribution in [0.3, 0.4) is 0 Å². The van der Waals surface area contributed by atoms with Crippen molar-refractivity contribution >= 4 is 45.2 Å². The van der Waals surface area contributed by atoms with Gasteiger partial charge in [-0.15, -0.1) is 5.10 Å². The van der Waals surface area contributed by atoms with E-state index in [0.717, 1.165) is 28.6 Å². The fourth-order valence-electron chi connectivity index (χ4n) is 4.50. The van der Waals surface area contributed by atoms with Gasteiger partial charge in [0.2, 0.25) is 11.1 Å². The lowest BCUT2D eigenvalue weighted by Gasteiger charge is -2.29. The molecule has 2 heterocycles. The molecular formula is C30H38BrN5O4S. The van der Waals surface area contributed by atoms with Crippen LogP contribution in [0.25, 0.3) is 0 Å². The number of allylic oxidation sites excluding steroid dienone is 1. The summed E-state index contributed by atoms with van der Waals surface area (Å²) in [6.07, 6.45) is 2.11. The third-order valence-electron chi connectivity index (χ3n) is 6.24. The lowest BCUT2D eigenvalue weighted by Crippen LogP contribution is -2.31. The van der Waals surface area contributed by atoms with Crippen LogP contribution in [0, 0.1) is 0 Å². The van der Waals surface area contributed by atoms with E-state index in [1.807, 2.05) is 71.0 Å². The summed E-state index contributed by atoms with van der Waals surface area (Å²) in [7, 11) is 0. The molecule has 0 bridgehead atoms. The van der Waals surface area contributed by atoms with Gasteiger partial charge < -0.3 is 24.8 Å². The van der Waals surface area contributed by atoms with Crippen molar-refractivity contribution in [1.82, 2.24) is 14.8 Å². The third kappa shape index (κ3) is 7.19. The van der Waals surface area contributed by atoms with Gasteiger partial charge in [0.25, 0.3) is 5.91 Å². The molecule has 2 aromatic carbocycles. The number of amides is 1. The lowest BCUT2D eigenvalue weighted by atomic mass is 9.94. The number of fused-ring (bicyclic) bond motifs is 1. The van der Waals surface area contributed by atoms with Gasteiger partial charge in [0.15, 0.2) is 11.5 Å². The number of carbonyl (C=O) groups excluding carboxylic acids is 1. The van der Waals surface area contributed by atoms with Crippen molar-refractivity contribution in [2.75, 3.05) is 29.6 Å². The minimum Gasteiger partial charge on any atom is -0.492 e. The predicted octanol–water partition coefficient (Wildman–Crippen LogP) is 7.45. The predicted molar refractivity (Wildman–Crippen MR) is 167 cm³/mol. The number of para-hydroxylation sites is 2. The maximum absolute atomic E-state index is 14.1. The van der Waals surface area contributed by atoms with Crippen molar-refractivity contribution in [2.45, 2.75) is 71.7 Å². The van der Waals surface area contributed by atoms with Gasteiger partial charge in [-0.3, -0.25) is 4.79 Å². The maximum Gasteiger partial charge on any atom is 0.255 e. The monoisotopic (exact) mass is 643 g/mol. The quantitative estimate of drug-likeness (QED) is 0.146. The number of unbranched alkanes of at least 4 members (excludes halogenated alkanes) is 1. The van der Waals surface area contributed by atoms with E-state index in [4.69, 9.17) is 24.3 Å². The molecule has 1 amide bonds. The number of rotatable bonds is 13. The normalized spacial score (nSPS) is 14.5. The molecule has 41 heavy (non-hydrogen) atoms. The van der Waals surface area contributed by atoms with Crippen molar-refractivity contribution in [1.29, 1.82) is 0 Å². The zero-order valence-corrected chi connectivity index (χ0v) is 26.8. The smallest absolute Gasteiger partial charge is 0.255 e. The molecule has 1 unspecified atom stereocenters. The maximum atomic E-state index is 14.1. The van der Waals surface area contributed by atoms with E-state index in [-0.39, 0.29) is 12.0 Å². The number of benzene rings is 2. The first-order valence-corrected chi connectivity index (χ1v) is 15.8. The zero-order valence-electron chi connectivity index (χ0n) is 24.4. The number of hydrogen-bond donors (Lipinski definition) is 2. The lowest BCUT2D eigenvalue weighted by molar-refractivity contribution is -0.113. The summed E-state index contributed by atoms with van der Waals surface area (Å²) in [5.41, 5.74) is 2.58. The van der Waals surface area contributed by atoms with Gasteiger partial charge in [-0.1, -0.05) is 37.2 Å². The second-order valence-electron chi connectivity index (χ2n) is 9.74. The van der Waals surface area contributed by atoms with E-state index in [0.29, 0.717) is 58.5 Å². The molecule has 0 fully saturated rings. The van der Waals surface area contributed by atoms with Gasteiger partial charge in [0.05, 0.1) is 35.1 Å². The Morgan fingerprint density at radius 2 is 1.88 bits per heavy atom. The van der Waals surface area contributed by atoms with Crippen LogP contribution >= 0.6 is 27.7 Å². The SMILES string of the molecule is CCCCSc1nc2n(n1)C(c1cc(Br)c(OC(C)C)c(OCC)c1)C(C(=O)Nc1ccccc1OCC)=C(C)N2. The first-order valence-electron chi connectivity index (χ1n) is 14.0. The fraction of sp³-hybridized carbons (Fsp3) is 0.433. The Morgan fingerprint density at radius 3 is 2.59 bits per heavy atom. The van der Waals surface area contributed by atoms with Crippen molar-refractivity contribution in [3.63, 3.8) is 0 Å². The molecule has 0 aliphatic carbocycles. The minimum atomic E-state index is -0.581. The van der Waals surface area contributed by atoms with Gasteiger partial charge in [-0.05, 0) is 86.8 Å². The number of halogens is 1. The van der Waals surface area contributed by atoms with Gasteiger partial charge in [-0.2, -0.15) is 4.98 Å². The van der Waals surface area contributed by atoms with E-state index in [1.165, 1.54) is 0 Å². The molecule has 3 aromatic rings. The summed E-state index contributed by atoms with van der Waals surface area (Å²) in [6.45, 7) is 12.8. The number of carbonyl (C=O) groups is 1. The highest BCUT2D eigenvalue weighted by Gasteiger charge is 2.36. The fourth-order valence-corrected chi connectivity index (χ4v) is 5.97. The van der Waals surface area contributed by atoms with Gasteiger partial charge in [-0.25, -0.2) is 4.68 Å². The molecule has 1 aliphatic rings. The molecule has 0 saturated heterocycles. The number of hydrogen-bond acceptors (Lipinski definition) is 8. The largest absolute Gasteiger partial charge is 0.492 e. The van der Waals surface area contributed by atoms with E-state index >= 15 is 0 Å². The molecule has 0 saturated carbocycles. The van der Waals surface area contributed by atoms with Crippen LogP contribution in [0.15, 0.2) is 57.3 Å². The Balaban J connectivity index is 1.82. The Morgan fingerprint density at radius 1 is 1.15 bits per heavy atom. The van der Waals surface area contributed by atoms with Gasteiger partial charge >= 0.3 is 0 Å². The Kier molecular flexibility index (Phi) is 10.6. The van der Waals surface area contributed by atoms with Crippen LogP contribution in [0.5, 0.6) is 17.2 Å². The van der Waals surface area contributed by atoms with Crippen molar-refractivity contribution in [3.05, 3.63) is 57.7 Å². The second-order valence-corrected chi connectivity index (χ2v) is 11.7. The molecule has 11 heteroatoms. The van der Waals surface area contributed by atoms with Gasteiger partial charge in [0.1, 0.15) is 11.8 Å². The molecule has 9 nitrogen and oxygen atoms in total. The van der Waals surface area contributed by atoms with E-state index in [9.17, 15) is 4.79 Å². The van der Waals surface area contributed by atoms with Gasteiger partial charge in [0, 0.05) is 11.4 Å². The molecule has 4 rings (SSSR count). The first-order chi connectivity index (χ1) is 19.8. The summed E-state index contributed by atoms with van der Waals surface area (Å²) in [5, 5.41) is 11.9. The number of ether oxygens (including phenoxy) is 3. The first kappa shape index (κ1) is 30.8. The molecule has 0 radical (unpaired) electrons. The highest BCUT2D eigenvalue weighted by molar-refractivity contribution is 9.10. The van der Waals surface area contributed by atoms with Crippen molar-refractivity contribution < 1.29 is 19.0 Å². The number of anilines is 2. The molecule has 1 aromatic heterocycles. The number of nitrogens with zero attached hydrogens (tertiary/aromatic N) is 3. The average Bonchev–Trinajstić information content (AvgIpc) is 3.33. The number of aromatic nitrogens is 3. The minimum absolute atomic E-state index is 0.0475. The van der Waals surface area contributed by atoms with Crippen LogP contribution in [0.1, 0.15) is 66.0 Å². The standard InChI is InChI=1S/C30H38BrN5O4S/c1-7-10-15-41-30-34-29-32-19(6)25(28(37)33-22-13-11-12-14-23(22)38-8-2)26(36(29)35-30)20-16-21(31)27(40-18(4)5)24(17-20)39-9-3/h11-14,16-18,26H,7-10,15H2,1-6H3,(H,33,37)(H,32,34,35). The average molecular weight is 645 g/mol. The van der Waals surface area contributed by atoms with Crippen LogP contribution in [0.4, 0.5) is 11.6 Å². The topological polar surface area (TPSA) is 99.5 Å². The summed E-state index contributed by atoms with van der Waals surface area (Å²) in [6, 6.07) is 10.7. The second kappa shape index (κ2) is 14.1. The zero-order chi connectivity index (χ0) is 29.5. The molecule has 2 N–H and O–H groups in total. The van der Waals surface area contributed by atoms with Crippen LogP contribution < -0.4 is 24.8 Å².